The van der Waals surface area contributed by atoms with Crippen molar-refractivity contribution in [2.75, 3.05) is 39.8 Å². The summed E-state index contributed by atoms with van der Waals surface area (Å²) >= 11 is 0. The molecule has 1 aliphatic carbocycles. The van der Waals surface area contributed by atoms with Gasteiger partial charge in [0.1, 0.15) is 6.54 Å². The Labute approximate surface area is 101 Å². The number of amides is 2. The number of urea groups is 1. The number of hydrogen-bond donors (Lipinski definition) is 1. The van der Waals surface area contributed by atoms with Crippen molar-refractivity contribution in [3.8, 4) is 0 Å². The van der Waals surface area contributed by atoms with Crippen molar-refractivity contribution in [1.82, 2.24) is 14.7 Å². The van der Waals surface area contributed by atoms with Gasteiger partial charge >= 0.3 is 12.0 Å². The van der Waals surface area contributed by atoms with Gasteiger partial charge in [0.2, 0.25) is 0 Å². The van der Waals surface area contributed by atoms with E-state index in [1.54, 1.807) is 4.90 Å². The van der Waals surface area contributed by atoms with Crippen molar-refractivity contribution in [2.24, 2.45) is 0 Å². The van der Waals surface area contributed by atoms with Crippen molar-refractivity contribution in [3.05, 3.63) is 0 Å². The molecule has 0 unspecified atom stereocenters. The van der Waals surface area contributed by atoms with E-state index < -0.39 is 5.97 Å². The van der Waals surface area contributed by atoms with Crippen molar-refractivity contribution < 1.29 is 14.7 Å². The van der Waals surface area contributed by atoms with Crippen LogP contribution in [0.1, 0.15) is 12.8 Å². The molecule has 0 spiro atoms. The number of aliphatic carboxylic acids is 1. The number of piperazine rings is 1. The van der Waals surface area contributed by atoms with Gasteiger partial charge in [-0.2, -0.15) is 0 Å². The third-order valence-corrected chi connectivity index (χ3v) is 3.35. The zero-order chi connectivity index (χ0) is 12.4. The van der Waals surface area contributed by atoms with E-state index in [-0.39, 0.29) is 12.6 Å². The van der Waals surface area contributed by atoms with Gasteiger partial charge in [0.25, 0.3) is 0 Å². The molecule has 17 heavy (non-hydrogen) atoms. The van der Waals surface area contributed by atoms with Crippen LogP contribution in [0.15, 0.2) is 0 Å². The second-order valence-corrected chi connectivity index (χ2v) is 4.79. The second-order valence-electron chi connectivity index (χ2n) is 4.79. The van der Waals surface area contributed by atoms with Crippen molar-refractivity contribution in [1.29, 1.82) is 0 Å². The molecule has 0 bridgehead atoms. The minimum atomic E-state index is -0.975. The monoisotopic (exact) mass is 241 g/mol. The maximum atomic E-state index is 11.9. The lowest BCUT2D eigenvalue weighted by molar-refractivity contribution is -0.137. The van der Waals surface area contributed by atoms with Crippen LogP contribution in [0.5, 0.6) is 0 Å². The average molecular weight is 241 g/mol. The summed E-state index contributed by atoms with van der Waals surface area (Å²) in [6.45, 7) is 3.01. The fraction of sp³-hybridized carbons (Fsp3) is 0.818. The van der Waals surface area contributed by atoms with Gasteiger partial charge in [-0.15, -0.1) is 0 Å². The first kappa shape index (κ1) is 12.2. The minimum absolute atomic E-state index is 0.178. The third-order valence-electron chi connectivity index (χ3n) is 3.35. The number of carbonyl (C=O) groups excluding carboxylic acids is 1. The van der Waals surface area contributed by atoms with Crippen LogP contribution < -0.4 is 0 Å². The van der Waals surface area contributed by atoms with E-state index in [0.717, 1.165) is 19.1 Å². The predicted octanol–water partition coefficient (Wildman–Crippen LogP) is -0.0972. The maximum absolute atomic E-state index is 11.9. The van der Waals surface area contributed by atoms with Gasteiger partial charge in [0.05, 0.1) is 0 Å². The van der Waals surface area contributed by atoms with E-state index in [9.17, 15) is 9.59 Å². The number of hydrogen-bond acceptors (Lipinski definition) is 3. The predicted molar refractivity (Wildman–Crippen MR) is 61.8 cm³/mol. The highest BCUT2D eigenvalue weighted by Crippen LogP contribution is 2.27. The molecule has 0 radical (unpaired) electrons. The number of rotatable bonds is 3. The smallest absolute Gasteiger partial charge is 0.323 e. The third kappa shape index (κ3) is 3.09. The molecule has 6 heteroatoms. The summed E-state index contributed by atoms with van der Waals surface area (Å²) in [5.41, 5.74) is 0. The lowest BCUT2D eigenvalue weighted by Gasteiger charge is -2.36. The number of carbonyl (C=O) groups is 2. The molecule has 0 aromatic heterocycles. The molecule has 0 atom stereocenters. The maximum Gasteiger partial charge on any atom is 0.323 e. The summed E-state index contributed by atoms with van der Waals surface area (Å²) < 4.78 is 0. The standard InChI is InChI=1S/C11H19N3O3/c1-12(8-10(15)16)11(17)14-6-4-13(5-7-14)9-2-3-9/h9H,2-8H2,1H3,(H,15,16). The minimum Gasteiger partial charge on any atom is -0.480 e. The van der Waals surface area contributed by atoms with Crippen molar-refractivity contribution in [3.63, 3.8) is 0 Å². The zero-order valence-electron chi connectivity index (χ0n) is 10.1. The van der Waals surface area contributed by atoms with E-state index in [0.29, 0.717) is 13.1 Å². The van der Waals surface area contributed by atoms with Crippen molar-refractivity contribution >= 4 is 12.0 Å². The first-order valence-corrected chi connectivity index (χ1v) is 6.04. The highest BCUT2D eigenvalue weighted by molar-refractivity contribution is 5.80. The molecule has 1 aliphatic heterocycles. The van der Waals surface area contributed by atoms with E-state index in [1.807, 2.05) is 0 Å². The molecule has 1 saturated heterocycles. The van der Waals surface area contributed by atoms with Gasteiger partial charge in [-0.05, 0) is 12.8 Å². The summed E-state index contributed by atoms with van der Waals surface area (Å²) in [6.07, 6.45) is 2.57. The SMILES string of the molecule is CN(CC(=O)O)C(=O)N1CCN(C2CC2)CC1. The van der Waals surface area contributed by atoms with E-state index in [2.05, 4.69) is 4.90 Å². The van der Waals surface area contributed by atoms with Gasteiger partial charge < -0.3 is 14.9 Å². The highest BCUT2D eigenvalue weighted by Gasteiger charge is 2.32. The normalized spacial score (nSPS) is 21.4. The summed E-state index contributed by atoms with van der Waals surface area (Å²) in [6, 6.07) is 0.562. The van der Waals surface area contributed by atoms with Gasteiger partial charge in [-0.25, -0.2) is 4.79 Å². The summed E-state index contributed by atoms with van der Waals surface area (Å²) in [5.74, 6) is -0.975. The molecule has 6 nitrogen and oxygen atoms in total. The summed E-state index contributed by atoms with van der Waals surface area (Å²) in [7, 11) is 1.53. The summed E-state index contributed by atoms with van der Waals surface area (Å²) in [5, 5.41) is 8.63. The Balaban J connectivity index is 1.78. The number of likely N-dealkylation sites (N-methyl/N-ethyl adjacent to an activating group) is 1. The molecule has 2 fully saturated rings. The van der Waals surface area contributed by atoms with Crippen LogP contribution >= 0.6 is 0 Å². The van der Waals surface area contributed by atoms with E-state index >= 15 is 0 Å². The molecule has 1 N–H and O–H groups in total. The molecule has 0 aromatic carbocycles. The Kier molecular flexibility index (Phi) is 3.51. The Hall–Kier alpha value is -1.30. The van der Waals surface area contributed by atoms with Crippen LogP contribution in [-0.4, -0.2) is 77.6 Å². The fourth-order valence-electron chi connectivity index (χ4n) is 2.23. The molecule has 2 aliphatic rings. The number of carboxylic acids is 1. The Morgan fingerprint density at radius 2 is 1.82 bits per heavy atom. The molecule has 2 rings (SSSR count). The van der Waals surface area contributed by atoms with Crippen LogP contribution in [0.4, 0.5) is 4.79 Å². The topological polar surface area (TPSA) is 64.1 Å². The Morgan fingerprint density at radius 3 is 2.29 bits per heavy atom. The lowest BCUT2D eigenvalue weighted by atomic mass is 10.3. The Bertz CT molecular complexity index is 309. The quantitative estimate of drug-likeness (QED) is 0.749. The number of nitrogens with zero attached hydrogens (tertiary/aromatic N) is 3. The largest absolute Gasteiger partial charge is 0.480 e. The average Bonchev–Trinajstić information content (AvgIpc) is 3.11. The molecule has 1 heterocycles. The summed E-state index contributed by atoms with van der Waals surface area (Å²) in [4.78, 5) is 27.8. The van der Waals surface area contributed by atoms with Crippen LogP contribution in [-0.2, 0) is 4.79 Å². The zero-order valence-corrected chi connectivity index (χ0v) is 10.1. The first-order valence-electron chi connectivity index (χ1n) is 6.04. The fourth-order valence-corrected chi connectivity index (χ4v) is 2.23. The van der Waals surface area contributed by atoms with Gasteiger partial charge in [-0.3, -0.25) is 9.69 Å². The molecule has 2 amide bonds. The molecular formula is C11H19N3O3. The van der Waals surface area contributed by atoms with Crippen LogP contribution in [0.25, 0.3) is 0 Å². The van der Waals surface area contributed by atoms with E-state index in [1.165, 1.54) is 24.8 Å². The van der Waals surface area contributed by atoms with E-state index in [4.69, 9.17) is 5.11 Å². The van der Waals surface area contributed by atoms with Crippen LogP contribution in [0.3, 0.4) is 0 Å². The highest BCUT2D eigenvalue weighted by atomic mass is 16.4. The van der Waals surface area contributed by atoms with Gasteiger partial charge in [0.15, 0.2) is 0 Å². The first-order chi connectivity index (χ1) is 8.08. The lowest BCUT2D eigenvalue weighted by Crippen LogP contribution is -2.53. The Morgan fingerprint density at radius 1 is 1.24 bits per heavy atom. The molecule has 0 aromatic rings. The van der Waals surface area contributed by atoms with Crippen molar-refractivity contribution in [2.45, 2.75) is 18.9 Å². The van der Waals surface area contributed by atoms with Gasteiger partial charge in [0, 0.05) is 39.3 Å². The van der Waals surface area contributed by atoms with Crippen LogP contribution in [0, 0.1) is 0 Å². The molecule has 1 saturated carbocycles. The van der Waals surface area contributed by atoms with Crippen LogP contribution in [0.2, 0.25) is 0 Å². The van der Waals surface area contributed by atoms with Gasteiger partial charge in [-0.1, -0.05) is 0 Å². The molecular weight excluding hydrogens is 222 g/mol. The number of carboxylic acid groups (broad SMARTS) is 1. The molecule has 96 valence electrons. The second kappa shape index (κ2) is 4.91.